The number of urea groups is 1. The Morgan fingerprint density at radius 3 is 1.90 bits per heavy atom. The number of anilines is 3. The number of rotatable bonds is 6. The summed E-state index contributed by atoms with van der Waals surface area (Å²) in [5.41, 5.74) is 0.467. The van der Waals surface area contributed by atoms with Crippen LogP contribution in [0.3, 0.4) is 0 Å². The maximum Gasteiger partial charge on any atom is 0.337 e. The molecule has 3 amide bonds. The van der Waals surface area contributed by atoms with E-state index in [1.807, 2.05) is 0 Å². The second kappa shape index (κ2) is 11.7. The summed E-state index contributed by atoms with van der Waals surface area (Å²) >= 11 is 25.4. The Kier molecular flexibility index (Phi) is 8.53. The van der Waals surface area contributed by atoms with Crippen LogP contribution in [0.15, 0.2) is 77.8 Å². The van der Waals surface area contributed by atoms with Gasteiger partial charge in [0.25, 0.3) is 5.91 Å². The monoisotopic (exact) mass is 616 g/mol. The van der Waals surface area contributed by atoms with Crippen LogP contribution in [0.25, 0.3) is 0 Å². The standard InChI is InChI=1S/C27H17Cl4FN6O2/c1-36-25(39)24(38(26(36)40)21-13-7-4-10-18(21)32)35-23(22(28)27(29,30)31)37(19-11-5-2-8-16(19)14-33)20-12-6-3-9-17(20)15-34/h2-13,22-23H,1H3. The van der Waals surface area contributed by atoms with E-state index in [1.54, 1.807) is 36.4 Å². The van der Waals surface area contributed by atoms with Gasteiger partial charge < -0.3 is 4.90 Å². The van der Waals surface area contributed by atoms with E-state index in [0.29, 0.717) is 0 Å². The second-order valence-corrected chi connectivity index (χ2v) is 11.2. The van der Waals surface area contributed by atoms with E-state index in [-0.39, 0.29) is 28.2 Å². The number of hydrogen-bond acceptors (Lipinski definition) is 6. The molecule has 1 fully saturated rings. The molecule has 1 aliphatic rings. The van der Waals surface area contributed by atoms with Gasteiger partial charge in [-0.3, -0.25) is 9.69 Å². The van der Waals surface area contributed by atoms with Crippen LogP contribution in [-0.2, 0) is 4.79 Å². The Hall–Kier alpha value is -3.86. The van der Waals surface area contributed by atoms with Crippen LogP contribution >= 0.6 is 46.4 Å². The molecule has 3 aromatic carbocycles. The fraction of sp³-hybridized carbons (Fsp3) is 0.148. The van der Waals surface area contributed by atoms with Gasteiger partial charge in [-0.25, -0.2) is 19.1 Å². The molecule has 202 valence electrons. The fourth-order valence-electron chi connectivity index (χ4n) is 4.06. The van der Waals surface area contributed by atoms with Gasteiger partial charge in [0.05, 0.1) is 28.2 Å². The Morgan fingerprint density at radius 1 is 0.900 bits per heavy atom. The predicted octanol–water partition coefficient (Wildman–Crippen LogP) is 6.51. The highest BCUT2D eigenvalue weighted by atomic mass is 35.6. The van der Waals surface area contributed by atoms with Gasteiger partial charge in [-0.2, -0.15) is 10.5 Å². The van der Waals surface area contributed by atoms with Gasteiger partial charge >= 0.3 is 6.03 Å². The average Bonchev–Trinajstić information content (AvgIpc) is 3.15. The number of nitrogens with zero attached hydrogens (tertiary/aromatic N) is 6. The molecule has 1 saturated heterocycles. The zero-order valence-electron chi connectivity index (χ0n) is 20.5. The molecule has 3 aromatic rings. The van der Waals surface area contributed by atoms with Crippen molar-refractivity contribution >= 4 is 81.2 Å². The third-order valence-corrected chi connectivity index (χ3v) is 7.53. The molecule has 1 heterocycles. The predicted molar refractivity (Wildman–Crippen MR) is 153 cm³/mol. The van der Waals surface area contributed by atoms with Crippen molar-refractivity contribution in [1.29, 1.82) is 10.5 Å². The van der Waals surface area contributed by atoms with Crippen LogP contribution in [-0.4, -0.2) is 45.1 Å². The lowest BCUT2D eigenvalue weighted by molar-refractivity contribution is -0.119. The van der Waals surface area contributed by atoms with Gasteiger partial charge in [-0.1, -0.05) is 71.2 Å². The van der Waals surface area contributed by atoms with Crippen molar-refractivity contribution in [2.75, 3.05) is 16.8 Å². The minimum absolute atomic E-state index is 0.144. The molecule has 2 atom stereocenters. The van der Waals surface area contributed by atoms with E-state index in [0.717, 1.165) is 15.9 Å². The minimum Gasteiger partial charge on any atom is -0.315 e. The van der Waals surface area contributed by atoms with Crippen LogP contribution in [0.5, 0.6) is 0 Å². The first-order chi connectivity index (χ1) is 19.0. The van der Waals surface area contributed by atoms with E-state index in [9.17, 15) is 24.5 Å². The summed E-state index contributed by atoms with van der Waals surface area (Å²) in [7, 11) is 1.21. The zero-order valence-corrected chi connectivity index (χ0v) is 23.5. The molecule has 0 saturated carbocycles. The van der Waals surface area contributed by atoms with Crippen molar-refractivity contribution in [3.8, 4) is 12.1 Å². The summed E-state index contributed by atoms with van der Waals surface area (Å²) in [5.74, 6) is -2.20. The van der Waals surface area contributed by atoms with E-state index in [4.69, 9.17) is 46.4 Å². The van der Waals surface area contributed by atoms with Crippen LogP contribution in [0.4, 0.5) is 26.2 Å². The van der Waals surface area contributed by atoms with Gasteiger partial charge in [-0.05, 0) is 36.4 Å². The van der Waals surface area contributed by atoms with E-state index in [1.165, 1.54) is 42.3 Å². The van der Waals surface area contributed by atoms with Crippen molar-refractivity contribution < 1.29 is 14.0 Å². The van der Waals surface area contributed by atoms with Crippen LogP contribution < -0.4 is 9.80 Å². The van der Waals surface area contributed by atoms with Crippen LogP contribution in [0.2, 0.25) is 0 Å². The minimum atomic E-state index is -2.21. The summed E-state index contributed by atoms with van der Waals surface area (Å²) in [6.07, 6.45) is -1.52. The summed E-state index contributed by atoms with van der Waals surface area (Å²) in [6.45, 7) is 0. The van der Waals surface area contributed by atoms with Crippen LogP contribution in [0, 0.1) is 28.5 Å². The molecule has 1 aliphatic heterocycles. The highest BCUT2D eigenvalue weighted by molar-refractivity contribution is 6.70. The number of carbonyl (C=O) groups excluding carboxylic acids is 2. The SMILES string of the molecule is CN1C(=O)C(=NC(C(Cl)C(Cl)(Cl)Cl)N(c2ccccc2C#N)c2ccccc2C#N)N(c2ccccc2F)C1=O. The first-order valence-corrected chi connectivity index (χ1v) is 13.0. The number of aliphatic imine (C=N–C) groups is 1. The highest BCUT2D eigenvalue weighted by Gasteiger charge is 2.47. The molecule has 0 spiro atoms. The van der Waals surface area contributed by atoms with E-state index in [2.05, 4.69) is 17.1 Å². The second-order valence-electron chi connectivity index (χ2n) is 8.37. The molecule has 0 bridgehead atoms. The van der Waals surface area contributed by atoms with Gasteiger partial charge in [0.15, 0.2) is 0 Å². The van der Waals surface area contributed by atoms with Crippen molar-refractivity contribution in [2.24, 2.45) is 4.99 Å². The number of amides is 3. The smallest absolute Gasteiger partial charge is 0.315 e. The number of halogens is 5. The quantitative estimate of drug-likeness (QED) is 0.232. The number of para-hydroxylation sites is 3. The lowest BCUT2D eigenvalue weighted by Gasteiger charge is -2.37. The zero-order chi connectivity index (χ0) is 29.2. The molecule has 13 heteroatoms. The molecule has 0 aromatic heterocycles. The molecular formula is C27H17Cl4FN6O2. The molecule has 0 N–H and O–H groups in total. The maximum absolute atomic E-state index is 14.9. The number of alkyl halides is 4. The summed E-state index contributed by atoms with van der Waals surface area (Å²) in [5, 5.41) is 18.2. The van der Waals surface area contributed by atoms with Crippen molar-refractivity contribution in [1.82, 2.24) is 4.90 Å². The van der Waals surface area contributed by atoms with E-state index < -0.39 is 38.9 Å². The Labute approximate surface area is 248 Å². The molecule has 8 nitrogen and oxygen atoms in total. The third kappa shape index (κ3) is 5.42. The lowest BCUT2D eigenvalue weighted by atomic mass is 10.1. The van der Waals surface area contributed by atoms with Gasteiger partial charge in [0.1, 0.15) is 29.5 Å². The summed E-state index contributed by atoms with van der Waals surface area (Å²) < 4.78 is 12.7. The first kappa shape index (κ1) is 29.1. The highest BCUT2D eigenvalue weighted by Crippen LogP contribution is 2.43. The molecule has 4 rings (SSSR count). The number of likely N-dealkylation sites (N-methyl/N-ethyl adjacent to an activating group) is 1. The number of imide groups is 1. The van der Waals surface area contributed by atoms with Crippen molar-refractivity contribution in [3.63, 3.8) is 0 Å². The maximum atomic E-state index is 14.9. The summed E-state index contributed by atoms with van der Waals surface area (Å²) in [6, 6.07) is 21.2. The number of benzene rings is 3. The summed E-state index contributed by atoms with van der Waals surface area (Å²) in [4.78, 5) is 33.8. The Balaban J connectivity index is 2.06. The third-order valence-electron chi connectivity index (χ3n) is 5.94. The normalized spacial score (nSPS) is 16.1. The number of carbonyl (C=O) groups is 2. The lowest BCUT2D eigenvalue weighted by Crippen LogP contribution is -2.46. The van der Waals surface area contributed by atoms with Gasteiger partial charge in [-0.15, -0.1) is 11.6 Å². The van der Waals surface area contributed by atoms with Gasteiger partial charge in [0.2, 0.25) is 9.63 Å². The largest absolute Gasteiger partial charge is 0.337 e. The first-order valence-electron chi connectivity index (χ1n) is 11.4. The van der Waals surface area contributed by atoms with E-state index >= 15 is 0 Å². The molecule has 2 unspecified atom stereocenters. The van der Waals surface area contributed by atoms with Crippen molar-refractivity contribution in [3.05, 3.63) is 89.7 Å². The van der Waals surface area contributed by atoms with Crippen molar-refractivity contribution in [2.45, 2.75) is 15.3 Å². The molecule has 0 radical (unpaired) electrons. The topological polar surface area (TPSA) is 104 Å². The van der Waals surface area contributed by atoms with Gasteiger partial charge in [0, 0.05) is 7.05 Å². The number of amidine groups is 1. The van der Waals surface area contributed by atoms with Crippen LogP contribution in [0.1, 0.15) is 11.1 Å². The number of hydrogen-bond donors (Lipinski definition) is 0. The Morgan fingerprint density at radius 2 is 1.40 bits per heavy atom. The molecule has 40 heavy (non-hydrogen) atoms. The fourth-order valence-corrected chi connectivity index (χ4v) is 4.56. The number of nitriles is 2. The molecule has 0 aliphatic carbocycles. The average molecular weight is 618 g/mol. The Bertz CT molecular complexity index is 1540. The molecular weight excluding hydrogens is 601 g/mol.